The zero-order valence-corrected chi connectivity index (χ0v) is 18.1. The lowest BCUT2D eigenvalue weighted by Crippen LogP contribution is -2.49. The van der Waals surface area contributed by atoms with Gasteiger partial charge in [0.2, 0.25) is 0 Å². The van der Waals surface area contributed by atoms with E-state index >= 15 is 0 Å². The Morgan fingerprint density at radius 2 is 1.97 bits per heavy atom. The van der Waals surface area contributed by atoms with Crippen molar-refractivity contribution in [3.05, 3.63) is 60.0 Å². The Balaban J connectivity index is 1.13. The van der Waals surface area contributed by atoms with Gasteiger partial charge in [-0.2, -0.15) is 0 Å². The number of aromatic nitrogens is 2. The smallest absolute Gasteiger partial charge is 0.260 e. The Hall–Kier alpha value is -3.06. The van der Waals surface area contributed by atoms with E-state index in [1.807, 2.05) is 45.8 Å². The van der Waals surface area contributed by atoms with Crippen LogP contribution < -0.4 is 9.47 Å². The Morgan fingerprint density at radius 3 is 2.77 bits per heavy atom. The van der Waals surface area contributed by atoms with Crippen molar-refractivity contribution in [1.29, 1.82) is 0 Å². The molecule has 2 aliphatic heterocycles. The molecule has 4 heterocycles. The fraction of sp³-hybridized carbons (Fsp3) is 0.417. The van der Waals surface area contributed by atoms with E-state index in [-0.39, 0.29) is 18.1 Å². The van der Waals surface area contributed by atoms with Gasteiger partial charge in [0.15, 0.2) is 18.1 Å². The molecule has 5 rings (SSSR count). The molecule has 3 aromatic rings. The number of benzene rings is 1. The summed E-state index contributed by atoms with van der Waals surface area (Å²) in [6.45, 7) is 8.02. The Labute approximate surface area is 182 Å². The van der Waals surface area contributed by atoms with Crippen LogP contribution >= 0.6 is 0 Å². The lowest BCUT2D eigenvalue weighted by atomic mass is 10.0. The Bertz CT molecular complexity index is 1070. The van der Waals surface area contributed by atoms with Crippen molar-refractivity contribution in [1.82, 2.24) is 19.2 Å². The molecule has 2 aliphatic rings. The van der Waals surface area contributed by atoms with Gasteiger partial charge in [-0.25, -0.2) is 4.98 Å². The van der Waals surface area contributed by atoms with E-state index in [0.29, 0.717) is 18.8 Å². The number of fused-ring (bicyclic) bond motifs is 2. The van der Waals surface area contributed by atoms with E-state index in [9.17, 15) is 4.79 Å². The molecule has 0 radical (unpaired) electrons. The second-order valence-corrected chi connectivity index (χ2v) is 8.93. The van der Waals surface area contributed by atoms with Gasteiger partial charge < -0.3 is 18.8 Å². The second kappa shape index (κ2) is 7.89. The highest BCUT2D eigenvalue weighted by atomic mass is 16.5. The number of amides is 1. The monoisotopic (exact) mass is 420 g/mol. The fourth-order valence-corrected chi connectivity index (χ4v) is 4.38. The zero-order valence-electron chi connectivity index (χ0n) is 18.1. The maximum Gasteiger partial charge on any atom is 0.260 e. The maximum atomic E-state index is 12.7. The number of hydrogen-bond donors (Lipinski definition) is 0. The van der Waals surface area contributed by atoms with Crippen LogP contribution in [0.4, 0.5) is 0 Å². The van der Waals surface area contributed by atoms with Crippen LogP contribution in [0.5, 0.6) is 11.5 Å². The first-order valence-corrected chi connectivity index (χ1v) is 10.8. The molecule has 1 aromatic carbocycles. The highest BCUT2D eigenvalue weighted by Gasteiger charge is 2.32. The summed E-state index contributed by atoms with van der Waals surface area (Å²) in [6.07, 6.45) is 4.93. The average molecular weight is 421 g/mol. The van der Waals surface area contributed by atoms with Crippen molar-refractivity contribution in [3.63, 3.8) is 0 Å². The predicted molar refractivity (Wildman–Crippen MR) is 117 cm³/mol. The molecule has 2 aromatic heterocycles. The van der Waals surface area contributed by atoms with Gasteiger partial charge in [-0.3, -0.25) is 9.69 Å². The van der Waals surface area contributed by atoms with Crippen LogP contribution in [0.2, 0.25) is 0 Å². The van der Waals surface area contributed by atoms with Crippen LogP contribution in [0.25, 0.3) is 5.65 Å². The molecular weight excluding hydrogens is 392 g/mol. The van der Waals surface area contributed by atoms with Crippen LogP contribution in [0.3, 0.4) is 0 Å². The minimum atomic E-state index is -0.233. The lowest BCUT2D eigenvalue weighted by Gasteiger charge is -2.34. The molecule has 0 unspecified atom stereocenters. The van der Waals surface area contributed by atoms with Gasteiger partial charge in [0, 0.05) is 57.1 Å². The topological polar surface area (TPSA) is 59.3 Å². The summed E-state index contributed by atoms with van der Waals surface area (Å²) < 4.78 is 13.9. The number of carbonyl (C=O) groups excluding carboxylic acids is 1. The van der Waals surface area contributed by atoms with Crippen LogP contribution in [0, 0.1) is 0 Å². The molecule has 0 N–H and O–H groups in total. The van der Waals surface area contributed by atoms with Crippen molar-refractivity contribution in [2.75, 3.05) is 32.8 Å². The summed E-state index contributed by atoms with van der Waals surface area (Å²) in [5.74, 6) is 1.45. The van der Waals surface area contributed by atoms with Crippen molar-refractivity contribution in [2.24, 2.45) is 0 Å². The molecule has 0 spiro atoms. The van der Waals surface area contributed by atoms with Crippen LogP contribution in [0.15, 0.2) is 48.8 Å². The Morgan fingerprint density at radius 1 is 1.13 bits per heavy atom. The van der Waals surface area contributed by atoms with E-state index in [1.165, 1.54) is 0 Å². The van der Waals surface area contributed by atoms with Crippen molar-refractivity contribution in [2.45, 2.75) is 32.4 Å². The first-order valence-electron chi connectivity index (χ1n) is 10.8. The molecule has 1 fully saturated rings. The van der Waals surface area contributed by atoms with Gasteiger partial charge in [0.1, 0.15) is 11.2 Å². The summed E-state index contributed by atoms with van der Waals surface area (Å²) >= 11 is 0. The highest BCUT2D eigenvalue weighted by molar-refractivity contribution is 5.78. The van der Waals surface area contributed by atoms with Crippen molar-refractivity contribution >= 4 is 11.6 Å². The molecule has 1 saturated heterocycles. The zero-order chi connectivity index (χ0) is 21.4. The highest BCUT2D eigenvalue weighted by Crippen LogP contribution is 2.41. The van der Waals surface area contributed by atoms with E-state index < -0.39 is 0 Å². The molecule has 7 nitrogen and oxygen atoms in total. The third kappa shape index (κ3) is 4.23. The first kappa shape index (κ1) is 19.9. The molecule has 0 saturated carbocycles. The van der Waals surface area contributed by atoms with E-state index in [0.717, 1.165) is 48.7 Å². The number of piperazine rings is 1. The van der Waals surface area contributed by atoms with Gasteiger partial charge >= 0.3 is 0 Å². The first-order chi connectivity index (χ1) is 15.0. The molecule has 1 amide bonds. The maximum absolute atomic E-state index is 12.7. The molecule has 7 heteroatoms. The van der Waals surface area contributed by atoms with Gasteiger partial charge in [-0.05, 0) is 32.0 Å². The van der Waals surface area contributed by atoms with Gasteiger partial charge in [0.05, 0.1) is 5.69 Å². The standard InChI is InChI=1S/C24H28N4O3/c1-24(2)14-18-6-5-7-20(23(18)31-24)30-17-22(29)27-12-10-26(11-13-27)15-19-16-28-9-4-3-8-21(28)25-19/h3-9,16H,10-15,17H2,1-2H3. The average Bonchev–Trinajstić information content (AvgIpc) is 3.30. The van der Waals surface area contributed by atoms with Crippen LogP contribution in [-0.4, -0.2) is 63.5 Å². The number of carbonyl (C=O) groups is 1. The molecule has 0 aliphatic carbocycles. The third-order valence-corrected chi connectivity index (χ3v) is 5.93. The molecular formula is C24H28N4O3. The van der Waals surface area contributed by atoms with Gasteiger partial charge in [-0.1, -0.05) is 18.2 Å². The van der Waals surface area contributed by atoms with E-state index in [4.69, 9.17) is 9.47 Å². The molecule has 31 heavy (non-hydrogen) atoms. The van der Waals surface area contributed by atoms with Gasteiger partial charge in [0.25, 0.3) is 5.91 Å². The summed E-state index contributed by atoms with van der Waals surface area (Å²) in [6, 6.07) is 11.9. The molecule has 0 atom stereocenters. The summed E-state index contributed by atoms with van der Waals surface area (Å²) in [5.41, 5.74) is 2.91. The number of imidazole rings is 1. The van der Waals surface area contributed by atoms with E-state index in [1.54, 1.807) is 0 Å². The molecule has 0 bridgehead atoms. The van der Waals surface area contributed by atoms with Crippen molar-refractivity contribution in [3.8, 4) is 11.5 Å². The molecule has 162 valence electrons. The SMILES string of the molecule is CC1(C)Cc2cccc(OCC(=O)N3CCN(Cc4cn5ccccc5n4)CC3)c2O1. The quantitative estimate of drug-likeness (QED) is 0.635. The van der Waals surface area contributed by atoms with Crippen LogP contribution in [-0.2, 0) is 17.8 Å². The Kier molecular flexibility index (Phi) is 5.06. The van der Waals surface area contributed by atoms with Crippen molar-refractivity contribution < 1.29 is 14.3 Å². The largest absolute Gasteiger partial charge is 0.483 e. The van der Waals surface area contributed by atoms with E-state index in [2.05, 4.69) is 36.0 Å². The third-order valence-electron chi connectivity index (χ3n) is 5.93. The number of rotatable bonds is 5. The fourth-order valence-electron chi connectivity index (χ4n) is 4.38. The minimum absolute atomic E-state index is 0.0160. The number of pyridine rings is 1. The van der Waals surface area contributed by atoms with Crippen LogP contribution in [0.1, 0.15) is 25.1 Å². The predicted octanol–water partition coefficient (Wildman–Crippen LogP) is 2.77. The normalized spacial score (nSPS) is 18.1. The summed E-state index contributed by atoms with van der Waals surface area (Å²) in [7, 11) is 0. The number of nitrogens with zero attached hydrogens (tertiary/aromatic N) is 4. The number of ether oxygens (including phenoxy) is 2. The van der Waals surface area contributed by atoms with Gasteiger partial charge in [-0.15, -0.1) is 0 Å². The lowest BCUT2D eigenvalue weighted by molar-refractivity contribution is -0.135. The summed E-state index contributed by atoms with van der Waals surface area (Å²) in [5, 5.41) is 0. The second-order valence-electron chi connectivity index (χ2n) is 8.93. The summed E-state index contributed by atoms with van der Waals surface area (Å²) in [4.78, 5) is 21.6. The number of para-hydroxylation sites is 1. The number of hydrogen-bond acceptors (Lipinski definition) is 5. The minimum Gasteiger partial charge on any atom is -0.483 e.